The number of alkyl halides is 3. The maximum absolute atomic E-state index is 13.1. The molecule has 33 heavy (non-hydrogen) atoms. The average Bonchev–Trinajstić information content (AvgIpc) is 3.42. The monoisotopic (exact) mass is 501 g/mol. The van der Waals surface area contributed by atoms with E-state index in [0.29, 0.717) is 28.8 Å². The molecule has 2 aromatic carbocycles. The molecule has 1 N–H and O–H groups in total. The number of nitrogens with one attached hydrogen (secondary N) is 1. The van der Waals surface area contributed by atoms with Gasteiger partial charge in [-0.05, 0) is 36.6 Å². The summed E-state index contributed by atoms with van der Waals surface area (Å²) in [5.74, 6) is 0.569. The molecule has 2 aliphatic rings. The van der Waals surface area contributed by atoms with Crippen LogP contribution in [0, 0.1) is 0 Å². The molecule has 2 heterocycles. The van der Waals surface area contributed by atoms with Crippen molar-refractivity contribution in [1.29, 1.82) is 0 Å². The van der Waals surface area contributed by atoms with Crippen LogP contribution in [0.3, 0.4) is 0 Å². The van der Waals surface area contributed by atoms with Crippen LogP contribution in [-0.2, 0) is 22.1 Å². The Morgan fingerprint density at radius 3 is 2.39 bits per heavy atom. The maximum atomic E-state index is 13.1. The zero-order valence-electron chi connectivity index (χ0n) is 17.2. The van der Waals surface area contributed by atoms with Crippen molar-refractivity contribution >= 4 is 35.2 Å². The molecule has 0 aliphatic carbocycles. The van der Waals surface area contributed by atoms with E-state index in [0.717, 1.165) is 6.07 Å². The third-order valence-corrected chi connectivity index (χ3v) is 5.78. The van der Waals surface area contributed by atoms with Gasteiger partial charge in [0.25, 0.3) is 12.0 Å². The number of benzene rings is 2. The van der Waals surface area contributed by atoms with Gasteiger partial charge in [0.05, 0.1) is 21.7 Å². The van der Waals surface area contributed by atoms with E-state index < -0.39 is 11.7 Å². The van der Waals surface area contributed by atoms with Gasteiger partial charge in [-0.3, -0.25) is 5.32 Å². The molecule has 2 aromatic rings. The Kier molecular flexibility index (Phi) is 7.19. The van der Waals surface area contributed by atoms with E-state index in [9.17, 15) is 13.2 Å². The Balaban J connectivity index is 1.27. The minimum atomic E-state index is -4.38. The van der Waals surface area contributed by atoms with Gasteiger partial charge in [0.2, 0.25) is 0 Å². The van der Waals surface area contributed by atoms with Gasteiger partial charge in [-0.25, -0.2) is 9.98 Å². The van der Waals surface area contributed by atoms with Crippen LogP contribution < -0.4 is 10.1 Å². The quantitative estimate of drug-likeness (QED) is 0.596. The fraction of sp³-hybridized carbons (Fsp3) is 0.364. The third-order valence-electron chi connectivity index (χ3n) is 5.04. The molecule has 0 saturated carbocycles. The van der Waals surface area contributed by atoms with Gasteiger partial charge in [0.15, 0.2) is 0 Å². The Hall–Kier alpha value is -2.65. The van der Waals surface area contributed by atoms with E-state index in [2.05, 4.69) is 15.3 Å². The third kappa shape index (κ3) is 6.23. The molecule has 0 fully saturated rings. The van der Waals surface area contributed by atoms with Gasteiger partial charge < -0.3 is 14.2 Å². The lowest BCUT2D eigenvalue weighted by Crippen LogP contribution is -2.30. The first kappa shape index (κ1) is 23.5. The molecule has 2 aliphatic heterocycles. The molecule has 0 amide bonds. The normalized spacial score (nSPS) is 20.0. The smallest absolute Gasteiger partial charge is 0.416 e. The molecular weight excluding hydrogens is 482 g/mol. The number of amidine groups is 2. The maximum Gasteiger partial charge on any atom is 0.416 e. The van der Waals surface area contributed by atoms with E-state index in [4.69, 9.17) is 37.4 Å². The van der Waals surface area contributed by atoms with Crippen LogP contribution in [0.15, 0.2) is 52.4 Å². The van der Waals surface area contributed by atoms with Crippen LogP contribution in [-0.4, -0.2) is 43.9 Å². The van der Waals surface area contributed by atoms with Crippen molar-refractivity contribution < 1.29 is 27.4 Å². The highest BCUT2D eigenvalue weighted by atomic mass is 35.5. The molecule has 0 bridgehead atoms. The molecule has 11 heteroatoms. The summed E-state index contributed by atoms with van der Waals surface area (Å²) in [6.45, 7) is 0.861. The van der Waals surface area contributed by atoms with Gasteiger partial charge in [-0.2, -0.15) is 13.2 Å². The number of hydrogen-bond donors (Lipinski definition) is 1. The molecule has 0 radical (unpaired) electrons. The zero-order chi connectivity index (χ0) is 23.4. The second-order valence-electron chi connectivity index (χ2n) is 7.50. The Morgan fingerprint density at radius 1 is 0.970 bits per heavy atom. The number of aryl methyl sites for hydroxylation is 1. The van der Waals surface area contributed by atoms with Gasteiger partial charge >= 0.3 is 6.18 Å². The topological polar surface area (TPSA) is 64.4 Å². The van der Waals surface area contributed by atoms with Gasteiger partial charge in [-0.1, -0.05) is 41.4 Å². The van der Waals surface area contributed by atoms with Crippen molar-refractivity contribution in [2.45, 2.75) is 31.1 Å². The van der Waals surface area contributed by atoms with Crippen molar-refractivity contribution in [3.05, 3.63) is 63.6 Å². The molecule has 0 saturated heterocycles. The Labute approximate surface area is 198 Å². The molecular formula is C22H20Cl2F3N3O3. The van der Waals surface area contributed by atoms with E-state index in [-0.39, 0.29) is 49.3 Å². The van der Waals surface area contributed by atoms with Crippen LogP contribution >= 0.6 is 23.2 Å². The molecule has 176 valence electrons. The largest absolute Gasteiger partial charge is 0.491 e. The highest BCUT2D eigenvalue weighted by Gasteiger charge is 2.33. The standard InChI is InChI=1S/C22H20Cl2F3N3O3/c23-18-8-7-16(9-19(18)24)31-11-15-12-33-21(29-15)30-20-28-14(10-32-20)6-5-13-3-1-2-4-17(13)22(25,26)27/h1-4,7-9,14-15H,5-6,10-12H2,(H,28,29,30). The van der Waals surface area contributed by atoms with Gasteiger partial charge in [-0.15, -0.1) is 0 Å². The van der Waals surface area contributed by atoms with E-state index in [1.165, 1.54) is 12.1 Å². The van der Waals surface area contributed by atoms with Crippen LogP contribution in [0.2, 0.25) is 10.0 Å². The second-order valence-corrected chi connectivity index (χ2v) is 8.32. The predicted octanol–water partition coefficient (Wildman–Crippen LogP) is 5.12. The number of halogens is 5. The van der Waals surface area contributed by atoms with E-state index in [1.54, 1.807) is 24.3 Å². The van der Waals surface area contributed by atoms with E-state index in [1.807, 2.05) is 0 Å². The lowest BCUT2D eigenvalue weighted by molar-refractivity contribution is -0.138. The molecule has 0 spiro atoms. The highest BCUT2D eigenvalue weighted by Crippen LogP contribution is 2.32. The summed E-state index contributed by atoms with van der Waals surface area (Å²) < 4.78 is 56.1. The Bertz CT molecular complexity index is 1060. The highest BCUT2D eigenvalue weighted by molar-refractivity contribution is 6.42. The van der Waals surface area contributed by atoms with Crippen molar-refractivity contribution in [2.24, 2.45) is 9.98 Å². The summed E-state index contributed by atoms with van der Waals surface area (Å²) in [6, 6.07) is 10.5. The summed E-state index contributed by atoms with van der Waals surface area (Å²) in [6.07, 6.45) is -3.71. The summed E-state index contributed by atoms with van der Waals surface area (Å²) in [7, 11) is 0. The number of hydrogen-bond acceptors (Lipinski definition) is 6. The summed E-state index contributed by atoms with van der Waals surface area (Å²) in [5.41, 5.74) is -0.371. The number of nitrogens with zero attached hydrogens (tertiary/aromatic N) is 2. The molecule has 2 unspecified atom stereocenters. The average molecular weight is 502 g/mol. The number of ether oxygens (including phenoxy) is 3. The fourth-order valence-corrected chi connectivity index (χ4v) is 3.68. The van der Waals surface area contributed by atoms with Crippen LogP contribution in [0.25, 0.3) is 0 Å². The fourth-order valence-electron chi connectivity index (χ4n) is 3.39. The van der Waals surface area contributed by atoms with Crippen molar-refractivity contribution in [3.63, 3.8) is 0 Å². The first-order valence-corrected chi connectivity index (χ1v) is 10.9. The molecule has 4 rings (SSSR count). The minimum Gasteiger partial charge on any atom is -0.491 e. The SMILES string of the molecule is FC(F)(F)c1ccccc1CCC1COC(NC2=NC(COc3ccc(Cl)c(Cl)c3)CO2)=N1. The summed E-state index contributed by atoms with van der Waals surface area (Å²) in [4.78, 5) is 8.76. The van der Waals surface area contributed by atoms with Crippen molar-refractivity contribution in [1.82, 2.24) is 5.32 Å². The summed E-state index contributed by atoms with van der Waals surface area (Å²) >= 11 is 11.9. The first-order chi connectivity index (χ1) is 15.8. The lowest BCUT2D eigenvalue weighted by atomic mass is 10.0. The Morgan fingerprint density at radius 2 is 1.67 bits per heavy atom. The van der Waals surface area contributed by atoms with E-state index >= 15 is 0 Å². The lowest BCUT2D eigenvalue weighted by Gasteiger charge is -2.13. The molecule has 0 aromatic heterocycles. The summed E-state index contributed by atoms with van der Waals surface area (Å²) in [5, 5.41) is 3.71. The molecule has 6 nitrogen and oxygen atoms in total. The van der Waals surface area contributed by atoms with Crippen LogP contribution in [0.1, 0.15) is 17.5 Å². The van der Waals surface area contributed by atoms with Crippen molar-refractivity contribution in [2.75, 3.05) is 19.8 Å². The molecule has 2 atom stereocenters. The van der Waals surface area contributed by atoms with Crippen LogP contribution in [0.5, 0.6) is 5.75 Å². The predicted molar refractivity (Wildman–Crippen MR) is 119 cm³/mol. The first-order valence-electron chi connectivity index (χ1n) is 10.2. The van der Waals surface area contributed by atoms with Gasteiger partial charge in [0, 0.05) is 6.07 Å². The van der Waals surface area contributed by atoms with Crippen LogP contribution in [0.4, 0.5) is 13.2 Å². The zero-order valence-corrected chi connectivity index (χ0v) is 18.8. The minimum absolute atomic E-state index is 0.230. The van der Waals surface area contributed by atoms with Crippen molar-refractivity contribution in [3.8, 4) is 5.75 Å². The number of rotatable bonds is 6. The van der Waals surface area contributed by atoms with Gasteiger partial charge in [0.1, 0.15) is 31.6 Å². The second kappa shape index (κ2) is 10.1. The number of aliphatic imine (C=N–C) groups is 2.